The summed E-state index contributed by atoms with van der Waals surface area (Å²) in [5, 5.41) is 16.7. The maximum Gasteiger partial charge on any atom is 0.258 e. The van der Waals surface area contributed by atoms with E-state index < -0.39 is 32.3 Å². The van der Waals surface area contributed by atoms with Crippen LogP contribution < -0.4 is 16.0 Å². The minimum absolute atomic E-state index is 0.0954. The molecule has 4 N–H and O–H groups in total. The van der Waals surface area contributed by atoms with Crippen LogP contribution in [0.15, 0.2) is 64.4 Å². The Bertz CT molecular complexity index is 1690. The number of anilines is 3. The summed E-state index contributed by atoms with van der Waals surface area (Å²) < 4.78 is 59.1. The number of nitrogens with one attached hydrogen (secondary N) is 4. The number of hydrogen-bond acceptors (Lipinski definition) is 8. The van der Waals surface area contributed by atoms with Gasteiger partial charge in [0.1, 0.15) is 11.6 Å². The van der Waals surface area contributed by atoms with E-state index in [2.05, 4.69) is 38.0 Å². The molecule has 10 nitrogen and oxygen atoms in total. The van der Waals surface area contributed by atoms with Gasteiger partial charge in [0.25, 0.3) is 5.91 Å². The van der Waals surface area contributed by atoms with Crippen LogP contribution in [0.25, 0.3) is 10.9 Å². The Labute approximate surface area is 249 Å². The number of methoxy groups -OCH3 is 1. The fourth-order valence-electron chi connectivity index (χ4n) is 4.76. The van der Waals surface area contributed by atoms with Crippen molar-refractivity contribution in [1.29, 1.82) is 0 Å². The van der Waals surface area contributed by atoms with Crippen molar-refractivity contribution in [2.24, 2.45) is 5.92 Å². The number of fused-ring (bicyclic) bond motifs is 1. The molecule has 3 aromatic carbocycles. The maximum absolute atomic E-state index is 13.8. The van der Waals surface area contributed by atoms with Crippen molar-refractivity contribution in [1.82, 2.24) is 15.1 Å². The first-order valence-corrected chi connectivity index (χ1v) is 15.1. The summed E-state index contributed by atoms with van der Waals surface area (Å²) >= 11 is 0. The van der Waals surface area contributed by atoms with E-state index in [0.29, 0.717) is 40.7 Å². The lowest BCUT2D eigenvalue weighted by Crippen LogP contribution is -2.25. The van der Waals surface area contributed by atoms with E-state index in [9.17, 15) is 22.0 Å². The van der Waals surface area contributed by atoms with Gasteiger partial charge in [-0.05, 0) is 75.5 Å². The van der Waals surface area contributed by atoms with Crippen molar-refractivity contribution >= 4 is 43.8 Å². The predicted molar refractivity (Wildman–Crippen MR) is 163 cm³/mol. The molecule has 0 saturated heterocycles. The second kappa shape index (κ2) is 13.5. The molecule has 0 aliphatic heterocycles. The Morgan fingerprint density at radius 1 is 1.02 bits per heavy atom. The van der Waals surface area contributed by atoms with E-state index in [4.69, 9.17) is 4.74 Å². The van der Waals surface area contributed by atoms with E-state index >= 15 is 0 Å². The van der Waals surface area contributed by atoms with E-state index in [1.165, 1.54) is 18.2 Å². The monoisotopic (exact) mass is 614 g/mol. The highest BCUT2D eigenvalue weighted by atomic mass is 32.2. The molecule has 0 aliphatic rings. The number of carbonyl (C=O) groups excluding carboxylic acids is 1. The Morgan fingerprint density at radius 2 is 1.74 bits per heavy atom. The number of hydrogen-bond donors (Lipinski definition) is 4. The van der Waals surface area contributed by atoms with Crippen LogP contribution in [0, 0.1) is 17.6 Å². The molecule has 1 heterocycles. The van der Waals surface area contributed by atoms with E-state index in [0.717, 1.165) is 30.9 Å². The highest BCUT2D eigenvalue weighted by Gasteiger charge is 2.22. The van der Waals surface area contributed by atoms with Crippen molar-refractivity contribution < 1.29 is 26.7 Å². The van der Waals surface area contributed by atoms with Crippen LogP contribution in [0.5, 0.6) is 0 Å². The molecule has 13 heteroatoms. The second-order valence-corrected chi connectivity index (χ2v) is 12.8. The summed E-state index contributed by atoms with van der Waals surface area (Å²) in [5.41, 5.74) is 2.20. The third-order valence-electron chi connectivity index (χ3n) is 6.64. The lowest BCUT2D eigenvalue weighted by molar-refractivity contribution is 0.102. The van der Waals surface area contributed by atoms with Gasteiger partial charge in [-0.3, -0.25) is 9.89 Å². The van der Waals surface area contributed by atoms with Crippen LogP contribution in [0.4, 0.5) is 26.0 Å². The average molecular weight is 615 g/mol. The topological polar surface area (TPSA) is 128 Å². The third kappa shape index (κ3) is 7.86. The predicted octanol–water partition coefficient (Wildman–Crippen LogP) is 4.98. The summed E-state index contributed by atoms with van der Waals surface area (Å²) in [6.45, 7) is 6.15. The molecule has 4 aromatic rings. The molecule has 230 valence electrons. The minimum atomic E-state index is -4.27. The zero-order valence-electron chi connectivity index (χ0n) is 24.7. The highest BCUT2D eigenvalue weighted by Crippen LogP contribution is 2.30. The molecule has 1 unspecified atom stereocenters. The molecule has 1 amide bonds. The SMILES string of the molecule is COC[C@@H](C)Nc1cc(NCC(C)CN(C)C)ccc1C(=O)Nc1n[nH]c2ccc(S(=O)(=O)c3cc(F)cc(F)c3)cc12. The Kier molecular flexibility index (Phi) is 9.99. The zero-order valence-corrected chi connectivity index (χ0v) is 25.5. The molecule has 0 radical (unpaired) electrons. The number of sulfone groups is 1. The van der Waals surface area contributed by atoms with Gasteiger partial charge in [-0.15, -0.1) is 0 Å². The molecule has 1 aromatic heterocycles. The fraction of sp³-hybridized carbons (Fsp3) is 0.333. The smallest absolute Gasteiger partial charge is 0.258 e. The molecule has 43 heavy (non-hydrogen) atoms. The van der Waals surface area contributed by atoms with Gasteiger partial charge < -0.3 is 25.6 Å². The second-order valence-electron chi connectivity index (χ2n) is 10.9. The molecule has 0 aliphatic carbocycles. The first-order valence-electron chi connectivity index (χ1n) is 13.7. The standard InChI is InChI=1S/C30H36F2N6O4S/c1-18(16-38(3)4)15-33-22-6-8-25(28(13-22)34-19(2)17-42-5)30(39)35-29-26-14-23(7-9-27(26)36-37-29)43(40,41)24-11-20(31)10-21(32)12-24/h6-14,18-19,33-34H,15-17H2,1-5H3,(H2,35,36,37,39)/t18?,19-/m1/s1. The molecule has 2 atom stereocenters. The summed E-state index contributed by atoms with van der Waals surface area (Å²) in [5.74, 6) is -2.01. The lowest BCUT2D eigenvalue weighted by atomic mass is 10.1. The molecular weight excluding hydrogens is 578 g/mol. The molecule has 0 saturated carbocycles. The van der Waals surface area contributed by atoms with Crippen LogP contribution in [-0.2, 0) is 14.6 Å². The van der Waals surface area contributed by atoms with Crippen molar-refractivity contribution in [2.45, 2.75) is 29.7 Å². The molecule has 0 spiro atoms. The normalized spacial score (nSPS) is 13.2. The van der Waals surface area contributed by atoms with E-state index in [-0.39, 0.29) is 16.8 Å². The third-order valence-corrected chi connectivity index (χ3v) is 8.37. The van der Waals surface area contributed by atoms with Crippen molar-refractivity contribution in [3.05, 3.63) is 71.8 Å². The van der Waals surface area contributed by atoms with E-state index in [1.807, 2.05) is 33.2 Å². The number of amides is 1. The molecule has 0 bridgehead atoms. The lowest BCUT2D eigenvalue weighted by Gasteiger charge is -2.20. The minimum Gasteiger partial charge on any atom is -0.385 e. The summed E-state index contributed by atoms with van der Waals surface area (Å²) in [6, 6.07) is 11.4. The van der Waals surface area contributed by atoms with Gasteiger partial charge in [0.05, 0.1) is 27.5 Å². The number of rotatable bonds is 13. The maximum atomic E-state index is 13.8. The first kappa shape index (κ1) is 31.9. The van der Waals surface area contributed by atoms with Crippen molar-refractivity contribution in [2.75, 3.05) is 56.9 Å². The van der Waals surface area contributed by atoms with Gasteiger partial charge >= 0.3 is 0 Å². The number of benzene rings is 3. The quantitative estimate of drug-likeness (QED) is 0.166. The van der Waals surface area contributed by atoms with Gasteiger partial charge in [-0.2, -0.15) is 5.10 Å². The van der Waals surface area contributed by atoms with Crippen LogP contribution in [0.1, 0.15) is 24.2 Å². The van der Waals surface area contributed by atoms with Crippen molar-refractivity contribution in [3.63, 3.8) is 0 Å². The fourth-order valence-corrected chi connectivity index (χ4v) is 6.09. The van der Waals surface area contributed by atoms with Crippen LogP contribution in [0.2, 0.25) is 0 Å². The van der Waals surface area contributed by atoms with Gasteiger partial charge in [0.2, 0.25) is 9.84 Å². The molecule has 4 rings (SSSR count). The van der Waals surface area contributed by atoms with Crippen molar-refractivity contribution in [3.8, 4) is 0 Å². The summed E-state index contributed by atoms with van der Waals surface area (Å²) in [4.78, 5) is 14.9. The van der Waals surface area contributed by atoms with Gasteiger partial charge in [0, 0.05) is 49.1 Å². The number of carbonyl (C=O) groups is 1. The summed E-state index contributed by atoms with van der Waals surface area (Å²) in [6.07, 6.45) is 0. The summed E-state index contributed by atoms with van der Waals surface area (Å²) in [7, 11) is 1.38. The number of aromatic nitrogens is 2. The van der Waals surface area contributed by atoms with Gasteiger partial charge in [-0.1, -0.05) is 6.92 Å². The number of H-pyrrole nitrogens is 1. The Hall–Kier alpha value is -4.07. The van der Waals surface area contributed by atoms with Gasteiger partial charge in [0.15, 0.2) is 5.82 Å². The Morgan fingerprint density at radius 3 is 2.42 bits per heavy atom. The average Bonchev–Trinajstić information content (AvgIpc) is 3.33. The van der Waals surface area contributed by atoms with Crippen LogP contribution in [-0.4, -0.2) is 76.4 Å². The molecule has 0 fully saturated rings. The number of ether oxygens (including phenoxy) is 1. The van der Waals surface area contributed by atoms with Crippen LogP contribution in [0.3, 0.4) is 0 Å². The van der Waals surface area contributed by atoms with Gasteiger partial charge in [-0.25, -0.2) is 17.2 Å². The number of nitrogens with zero attached hydrogens (tertiary/aromatic N) is 2. The van der Waals surface area contributed by atoms with E-state index in [1.54, 1.807) is 13.2 Å². The number of halogens is 2. The highest BCUT2D eigenvalue weighted by molar-refractivity contribution is 7.91. The zero-order chi connectivity index (χ0) is 31.3. The first-order chi connectivity index (χ1) is 20.4. The largest absolute Gasteiger partial charge is 0.385 e. The Balaban J connectivity index is 1.62. The number of aromatic amines is 1. The molecular formula is C30H36F2N6O4S. The van der Waals surface area contributed by atoms with Crippen LogP contribution >= 0.6 is 0 Å².